The van der Waals surface area contributed by atoms with Crippen LogP contribution >= 0.6 is 0 Å². The standard InChI is InChI=1S/C23H21N5/c1-15-8-6-7-11-18(15)22-20-19(27-28(22)2)13-12-16-14-24-23(26-21(16)20)25-17-9-4-3-5-10-17/h3-11,14H,12-13H2,1-2H3,(H,24,25,26). The Morgan fingerprint density at radius 3 is 2.57 bits per heavy atom. The van der Waals surface area contributed by atoms with Gasteiger partial charge in [-0.25, -0.2) is 9.97 Å². The maximum Gasteiger partial charge on any atom is 0.227 e. The third-order valence-corrected chi connectivity index (χ3v) is 5.28. The highest BCUT2D eigenvalue weighted by Crippen LogP contribution is 2.40. The molecule has 0 spiro atoms. The van der Waals surface area contributed by atoms with Crippen molar-refractivity contribution in [3.8, 4) is 22.5 Å². The molecule has 28 heavy (non-hydrogen) atoms. The van der Waals surface area contributed by atoms with E-state index in [1.54, 1.807) is 0 Å². The van der Waals surface area contributed by atoms with Crippen molar-refractivity contribution in [1.29, 1.82) is 0 Å². The molecule has 2 heterocycles. The van der Waals surface area contributed by atoms with E-state index in [1.807, 2.05) is 48.3 Å². The van der Waals surface area contributed by atoms with E-state index in [9.17, 15) is 0 Å². The van der Waals surface area contributed by atoms with Crippen molar-refractivity contribution in [1.82, 2.24) is 19.7 Å². The molecule has 1 N–H and O–H groups in total. The monoisotopic (exact) mass is 367 g/mol. The van der Waals surface area contributed by atoms with Gasteiger partial charge in [0.1, 0.15) is 0 Å². The summed E-state index contributed by atoms with van der Waals surface area (Å²) < 4.78 is 1.99. The third kappa shape index (κ3) is 2.76. The van der Waals surface area contributed by atoms with E-state index in [4.69, 9.17) is 10.1 Å². The van der Waals surface area contributed by atoms with Gasteiger partial charge < -0.3 is 5.32 Å². The van der Waals surface area contributed by atoms with Crippen molar-refractivity contribution in [2.45, 2.75) is 19.8 Å². The van der Waals surface area contributed by atoms with Gasteiger partial charge in [-0.05, 0) is 43.0 Å². The third-order valence-electron chi connectivity index (χ3n) is 5.28. The second-order valence-electron chi connectivity index (χ2n) is 7.17. The van der Waals surface area contributed by atoms with Crippen LogP contribution in [-0.2, 0) is 19.9 Å². The number of aromatic nitrogens is 4. The minimum atomic E-state index is 0.609. The summed E-state index contributed by atoms with van der Waals surface area (Å²) in [5.74, 6) is 0.609. The molecule has 0 saturated heterocycles. The zero-order chi connectivity index (χ0) is 19.1. The molecule has 4 aromatic rings. The molecule has 1 aliphatic rings. The first kappa shape index (κ1) is 16.7. The summed E-state index contributed by atoms with van der Waals surface area (Å²) in [6, 6.07) is 18.5. The number of anilines is 2. The van der Waals surface area contributed by atoms with Crippen LogP contribution in [0.15, 0.2) is 60.8 Å². The number of benzene rings is 2. The lowest BCUT2D eigenvalue weighted by atomic mass is 9.90. The molecule has 0 radical (unpaired) electrons. The van der Waals surface area contributed by atoms with Gasteiger partial charge in [-0.1, -0.05) is 42.5 Å². The molecule has 0 atom stereocenters. The zero-order valence-electron chi connectivity index (χ0n) is 16.0. The number of nitrogens with one attached hydrogen (secondary N) is 1. The Balaban J connectivity index is 1.66. The minimum Gasteiger partial charge on any atom is -0.324 e. The Kier molecular flexibility index (Phi) is 3.93. The van der Waals surface area contributed by atoms with Gasteiger partial charge in [0.05, 0.1) is 17.1 Å². The fourth-order valence-electron chi connectivity index (χ4n) is 3.92. The first-order chi connectivity index (χ1) is 13.7. The number of fused-ring (bicyclic) bond motifs is 3. The Morgan fingerprint density at radius 1 is 0.964 bits per heavy atom. The Morgan fingerprint density at radius 2 is 1.75 bits per heavy atom. The molecule has 5 rings (SSSR count). The molecule has 0 unspecified atom stereocenters. The normalized spacial score (nSPS) is 12.4. The SMILES string of the molecule is Cc1ccccc1-c1c2c(nn1C)CCc1cnc(Nc3ccccc3)nc1-2. The number of hydrogen-bond acceptors (Lipinski definition) is 4. The number of hydrogen-bond donors (Lipinski definition) is 1. The summed E-state index contributed by atoms with van der Waals surface area (Å²) in [6.45, 7) is 2.14. The van der Waals surface area contributed by atoms with Gasteiger partial charge in [0, 0.05) is 30.1 Å². The molecule has 0 bridgehead atoms. The minimum absolute atomic E-state index is 0.609. The van der Waals surface area contributed by atoms with E-state index in [1.165, 1.54) is 16.7 Å². The van der Waals surface area contributed by atoms with E-state index in [0.717, 1.165) is 41.2 Å². The lowest BCUT2D eigenvalue weighted by Gasteiger charge is -2.17. The van der Waals surface area contributed by atoms with Gasteiger partial charge in [-0.2, -0.15) is 5.10 Å². The molecule has 5 heteroatoms. The summed E-state index contributed by atoms with van der Waals surface area (Å²) in [7, 11) is 2.02. The zero-order valence-corrected chi connectivity index (χ0v) is 16.0. The summed E-state index contributed by atoms with van der Waals surface area (Å²) in [5, 5.41) is 8.13. The number of nitrogens with zero attached hydrogens (tertiary/aromatic N) is 4. The lowest BCUT2D eigenvalue weighted by molar-refractivity contribution is 0.741. The Hall–Kier alpha value is -3.47. The van der Waals surface area contributed by atoms with Crippen molar-refractivity contribution in [3.05, 3.63) is 77.6 Å². The lowest BCUT2D eigenvalue weighted by Crippen LogP contribution is -2.08. The van der Waals surface area contributed by atoms with Crippen LogP contribution in [0.3, 0.4) is 0 Å². The van der Waals surface area contributed by atoms with Crippen LogP contribution in [0.4, 0.5) is 11.6 Å². The second-order valence-corrected chi connectivity index (χ2v) is 7.17. The summed E-state index contributed by atoms with van der Waals surface area (Å²) in [5.41, 5.74) is 8.94. The summed E-state index contributed by atoms with van der Waals surface area (Å²) in [6.07, 6.45) is 3.78. The van der Waals surface area contributed by atoms with Crippen molar-refractivity contribution in [2.24, 2.45) is 7.05 Å². The first-order valence-corrected chi connectivity index (χ1v) is 9.51. The summed E-state index contributed by atoms with van der Waals surface area (Å²) >= 11 is 0. The summed E-state index contributed by atoms with van der Waals surface area (Å²) in [4.78, 5) is 9.44. The smallest absolute Gasteiger partial charge is 0.227 e. The maximum atomic E-state index is 4.90. The molecular formula is C23H21N5. The van der Waals surface area contributed by atoms with Crippen LogP contribution in [0.1, 0.15) is 16.8 Å². The van der Waals surface area contributed by atoms with Crippen molar-refractivity contribution in [2.75, 3.05) is 5.32 Å². The first-order valence-electron chi connectivity index (χ1n) is 9.51. The highest BCUT2D eigenvalue weighted by molar-refractivity contribution is 5.85. The van der Waals surface area contributed by atoms with Crippen molar-refractivity contribution < 1.29 is 0 Å². The van der Waals surface area contributed by atoms with Gasteiger partial charge in [0.2, 0.25) is 5.95 Å². The van der Waals surface area contributed by atoms with Crippen molar-refractivity contribution >= 4 is 11.6 Å². The van der Waals surface area contributed by atoms with E-state index in [2.05, 4.69) is 41.5 Å². The van der Waals surface area contributed by atoms with E-state index < -0.39 is 0 Å². The van der Waals surface area contributed by atoms with E-state index in [0.29, 0.717) is 5.95 Å². The fourth-order valence-corrected chi connectivity index (χ4v) is 3.92. The molecule has 2 aromatic carbocycles. The highest BCUT2D eigenvalue weighted by atomic mass is 15.3. The number of aryl methyl sites for hydroxylation is 4. The molecule has 138 valence electrons. The van der Waals surface area contributed by atoms with Gasteiger partial charge in [0.15, 0.2) is 0 Å². The molecule has 0 amide bonds. The molecular weight excluding hydrogens is 346 g/mol. The predicted molar refractivity (Wildman–Crippen MR) is 112 cm³/mol. The predicted octanol–water partition coefficient (Wildman–Crippen LogP) is 4.69. The Labute approximate surface area is 164 Å². The average molecular weight is 367 g/mol. The van der Waals surface area contributed by atoms with Crippen molar-refractivity contribution in [3.63, 3.8) is 0 Å². The largest absolute Gasteiger partial charge is 0.324 e. The molecule has 5 nitrogen and oxygen atoms in total. The van der Waals surface area contributed by atoms with Crippen LogP contribution in [0.25, 0.3) is 22.5 Å². The van der Waals surface area contributed by atoms with Crippen LogP contribution in [-0.4, -0.2) is 19.7 Å². The van der Waals surface area contributed by atoms with Crippen LogP contribution in [0, 0.1) is 6.92 Å². The molecule has 0 fully saturated rings. The molecule has 0 aliphatic heterocycles. The second kappa shape index (κ2) is 6.60. The number of para-hydroxylation sites is 1. The average Bonchev–Trinajstić information content (AvgIpc) is 3.05. The molecule has 2 aromatic heterocycles. The van der Waals surface area contributed by atoms with Gasteiger partial charge in [0.25, 0.3) is 0 Å². The van der Waals surface area contributed by atoms with Crippen LogP contribution < -0.4 is 5.32 Å². The maximum absolute atomic E-state index is 4.90. The highest BCUT2D eigenvalue weighted by Gasteiger charge is 2.27. The quantitative estimate of drug-likeness (QED) is 0.570. The fraction of sp³-hybridized carbons (Fsp3) is 0.174. The Bertz CT molecular complexity index is 1160. The van der Waals surface area contributed by atoms with Crippen LogP contribution in [0.5, 0.6) is 0 Å². The molecule has 0 saturated carbocycles. The van der Waals surface area contributed by atoms with Crippen LogP contribution in [0.2, 0.25) is 0 Å². The topological polar surface area (TPSA) is 55.6 Å². The number of rotatable bonds is 3. The van der Waals surface area contributed by atoms with E-state index >= 15 is 0 Å². The van der Waals surface area contributed by atoms with E-state index in [-0.39, 0.29) is 0 Å². The van der Waals surface area contributed by atoms with Gasteiger partial charge in [-0.3, -0.25) is 4.68 Å². The molecule has 1 aliphatic carbocycles. The van der Waals surface area contributed by atoms with Gasteiger partial charge >= 0.3 is 0 Å². The van der Waals surface area contributed by atoms with Gasteiger partial charge in [-0.15, -0.1) is 0 Å².